The van der Waals surface area contributed by atoms with Gasteiger partial charge in [-0.1, -0.05) is 12.1 Å². The summed E-state index contributed by atoms with van der Waals surface area (Å²) in [5, 5.41) is 16.2. The van der Waals surface area contributed by atoms with Gasteiger partial charge in [-0.15, -0.1) is 0 Å². The summed E-state index contributed by atoms with van der Waals surface area (Å²) < 4.78 is 10.0. The smallest absolute Gasteiger partial charge is 0.338 e. The number of nitrogens with zero attached hydrogens (tertiary/aromatic N) is 1. The number of furan rings is 1. The van der Waals surface area contributed by atoms with Gasteiger partial charge in [0.15, 0.2) is 12.4 Å². The first-order chi connectivity index (χ1) is 15.2. The van der Waals surface area contributed by atoms with Gasteiger partial charge >= 0.3 is 5.97 Å². The molecule has 0 atom stereocenters. The first kappa shape index (κ1) is 22.2. The lowest BCUT2D eigenvalue weighted by Crippen LogP contribution is -2.21. The van der Waals surface area contributed by atoms with Gasteiger partial charge in [0.05, 0.1) is 16.7 Å². The molecule has 2 aromatic carbocycles. The summed E-state index contributed by atoms with van der Waals surface area (Å²) >= 11 is 0. The molecule has 0 saturated carbocycles. The fourth-order valence-electron chi connectivity index (χ4n) is 2.77. The van der Waals surface area contributed by atoms with Crippen LogP contribution in [0.25, 0.3) is 0 Å². The molecule has 3 aromatic rings. The van der Waals surface area contributed by atoms with Crippen LogP contribution >= 0.6 is 0 Å². The number of carbonyl (C=O) groups is 3. The van der Waals surface area contributed by atoms with Gasteiger partial charge in [0.2, 0.25) is 0 Å². The Morgan fingerprint density at radius 3 is 2.50 bits per heavy atom. The predicted octanol–water partition coefficient (Wildman–Crippen LogP) is 3.85. The number of benzene rings is 2. The van der Waals surface area contributed by atoms with Crippen LogP contribution in [-0.2, 0) is 9.53 Å². The molecule has 1 aromatic heterocycles. The van der Waals surface area contributed by atoms with E-state index in [0.29, 0.717) is 16.8 Å². The third-order valence-corrected chi connectivity index (χ3v) is 4.42. The van der Waals surface area contributed by atoms with Gasteiger partial charge in [-0.25, -0.2) is 4.79 Å². The Morgan fingerprint density at radius 1 is 1.03 bits per heavy atom. The topological polar surface area (TPSA) is 141 Å². The Morgan fingerprint density at radius 2 is 1.81 bits per heavy atom. The minimum absolute atomic E-state index is 0.0000836. The molecule has 164 valence electrons. The maximum absolute atomic E-state index is 12.4. The lowest BCUT2D eigenvalue weighted by Gasteiger charge is -2.10. The van der Waals surface area contributed by atoms with E-state index in [1.54, 1.807) is 32.0 Å². The second-order valence-electron chi connectivity index (χ2n) is 6.86. The molecule has 32 heavy (non-hydrogen) atoms. The van der Waals surface area contributed by atoms with Crippen LogP contribution in [0.15, 0.2) is 59.2 Å². The highest BCUT2D eigenvalue weighted by atomic mass is 16.6. The van der Waals surface area contributed by atoms with Gasteiger partial charge in [0.25, 0.3) is 17.5 Å². The second kappa shape index (κ2) is 9.56. The highest BCUT2D eigenvalue weighted by molar-refractivity contribution is 6.03. The normalized spacial score (nSPS) is 10.3. The monoisotopic (exact) mass is 437 g/mol. The summed E-state index contributed by atoms with van der Waals surface area (Å²) in [6.45, 7) is 2.79. The molecule has 0 spiro atoms. The molecule has 0 unspecified atom stereocenters. The Labute approximate surface area is 182 Å². The molecule has 0 bridgehead atoms. The highest BCUT2D eigenvalue weighted by Crippen LogP contribution is 2.25. The van der Waals surface area contributed by atoms with Crippen molar-refractivity contribution in [1.82, 2.24) is 0 Å². The fraction of sp³-hybridized carbons (Fsp3) is 0.136. The Bertz CT molecular complexity index is 1190. The molecule has 2 amide bonds. The third-order valence-electron chi connectivity index (χ3n) is 4.42. The van der Waals surface area contributed by atoms with Crippen molar-refractivity contribution in [1.29, 1.82) is 0 Å². The van der Waals surface area contributed by atoms with Crippen LogP contribution < -0.4 is 10.6 Å². The van der Waals surface area contributed by atoms with Crippen LogP contribution in [0.4, 0.5) is 17.1 Å². The van der Waals surface area contributed by atoms with Crippen LogP contribution in [-0.4, -0.2) is 29.3 Å². The Hall–Kier alpha value is -4.47. The predicted molar refractivity (Wildman–Crippen MR) is 115 cm³/mol. The standard InChI is InChI=1S/C22H19N3O7/c1-13-5-8-16(18(10-13)25(29)30)23-20(26)12-32-22(28)15-7-6-14(2)17(11-15)24-21(27)19-4-3-9-31-19/h3-11H,12H2,1-2H3,(H,23,26)(H,24,27). The largest absolute Gasteiger partial charge is 0.459 e. The number of hydrogen-bond donors (Lipinski definition) is 2. The maximum atomic E-state index is 12.4. The number of esters is 1. The van der Waals surface area contributed by atoms with E-state index in [0.717, 1.165) is 0 Å². The van der Waals surface area contributed by atoms with E-state index in [2.05, 4.69) is 10.6 Å². The fourth-order valence-corrected chi connectivity index (χ4v) is 2.77. The second-order valence-corrected chi connectivity index (χ2v) is 6.86. The van der Waals surface area contributed by atoms with E-state index in [1.165, 1.54) is 36.6 Å². The summed E-state index contributed by atoms with van der Waals surface area (Å²) in [6.07, 6.45) is 1.37. The van der Waals surface area contributed by atoms with Crippen molar-refractivity contribution in [3.63, 3.8) is 0 Å². The van der Waals surface area contributed by atoms with Gasteiger partial charge in [0, 0.05) is 11.8 Å². The minimum Gasteiger partial charge on any atom is -0.459 e. The van der Waals surface area contributed by atoms with Crippen molar-refractivity contribution in [2.24, 2.45) is 0 Å². The van der Waals surface area contributed by atoms with Crippen molar-refractivity contribution < 1.29 is 28.5 Å². The minimum atomic E-state index is -0.799. The molecule has 10 nitrogen and oxygen atoms in total. The van der Waals surface area contributed by atoms with Crippen molar-refractivity contribution in [3.05, 3.63) is 87.4 Å². The number of hydrogen-bond acceptors (Lipinski definition) is 7. The molecule has 0 aliphatic carbocycles. The van der Waals surface area contributed by atoms with E-state index in [-0.39, 0.29) is 22.7 Å². The summed E-state index contributed by atoms with van der Waals surface area (Å²) in [6, 6.07) is 11.9. The highest BCUT2D eigenvalue weighted by Gasteiger charge is 2.18. The van der Waals surface area contributed by atoms with Crippen LogP contribution in [0.5, 0.6) is 0 Å². The van der Waals surface area contributed by atoms with Gasteiger partial charge in [-0.05, 0) is 55.3 Å². The quantitative estimate of drug-likeness (QED) is 0.325. The first-order valence-corrected chi connectivity index (χ1v) is 9.42. The van der Waals surface area contributed by atoms with Gasteiger partial charge in [0.1, 0.15) is 5.69 Å². The number of ether oxygens (including phenoxy) is 1. The zero-order valence-corrected chi connectivity index (χ0v) is 17.2. The molecule has 0 fully saturated rings. The van der Waals surface area contributed by atoms with Crippen LogP contribution in [0.2, 0.25) is 0 Å². The summed E-state index contributed by atoms with van der Waals surface area (Å²) in [4.78, 5) is 47.2. The number of amides is 2. The number of aryl methyl sites for hydroxylation is 2. The molecular weight excluding hydrogens is 418 g/mol. The van der Waals surface area contributed by atoms with Crippen LogP contribution in [0.1, 0.15) is 32.0 Å². The van der Waals surface area contributed by atoms with Crippen LogP contribution in [0.3, 0.4) is 0 Å². The molecule has 1 heterocycles. The molecule has 0 saturated heterocycles. The Kier molecular flexibility index (Phi) is 6.64. The number of nitro groups is 1. The lowest BCUT2D eigenvalue weighted by atomic mass is 10.1. The molecule has 0 aliphatic heterocycles. The number of nitro benzene ring substituents is 1. The van der Waals surface area contributed by atoms with E-state index in [4.69, 9.17) is 9.15 Å². The maximum Gasteiger partial charge on any atom is 0.338 e. The summed E-state index contributed by atoms with van der Waals surface area (Å²) in [5.41, 5.74) is 1.58. The van der Waals surface area contributed by atoms with E-state index >= 15 is 0 Å². The van der Waals surface area contributed by atoms with Gasteiger partial charge < -0.3 is 19.8 Å². The molecule has 0 radical (unpaired) electrons. The number of anilines is 2. The first-order valence-electron chi connectivity index (χ1n) is 9.42. The number of nitrogens with one attached hydrogen (secondary N) is 2. The van der Waals surface area contributed by atoms with Crippen molar-refractivity contribution >= 4 is 34.8 Å². The SMILES string of the molecule is Cc1ccc(NC(=O)COC(=O)c2ccc(C)c(NC(=O)c3ccco3)c2)c([N+](=O)[O-])c1. The molecule has 2 N–H and O–H groups in total. The lowest BCUT2D eigenvalue weighted by molar-refractivity contribution is -0.384. The molecule has 3 rings (SSSR count). The molecular formula is C22H19N3O7. The van der Waals surface area contributed by atoms with E-state index < -0.39 is 29.3 Å². The summed E-state index contributed by atoms with van der Waals surface area (Å²) in [5.74, 6) is -1.90. The average molecular weight is 437 g/mol. The number of carbonyl (C=O) groups excluding carboxylic acids is 3. The third kappa shape index (κ3) is 5.36. The molecule has 0 aliphatic rings. The average Bonchev–Trinajstić information content (AvgIpc) is 3.30. The van der Waals surface area contributed by atoms with Crippen molar-refractivity contribution in [2.45, 2.75) is 13.8 Å². The summed E-state index contributed by atoms with van der Waals surface area (Å²) in [7, 11) is 0. The van der Waals surface area contributed by atoms with Gasteiger partial charge in [-0.2, -0.15) is 0 Å². The zero-order chi connectivity index (χ0) is 23.3. The molecule has 10 heteroatoms. The van der Waals surface area contributed by atoms with Crippen molar-refractivity contribution in [2.75, 3.05) is 17.2 Å². The number of rotatable bonds is 7. The van der Waals surface area contributed by atoms with Crippen molar-refractivity contribution in [3.8, 4) is 0 Å². The van der Waals surface area contributed by atoms with Gasteiger partial charge in [-0.3, -0.25) is 19.7 Å². The van der Waals surface area contributed by atoms with E-state index in [1.807, 2.05) is 0 Å². The van der Waals surface area contributed by atoms with E-state index in [9.17, 15) is 24.5 Å². The van der Waals surface area contributed by atoms with Crippen LogP contribution in [0, 0.1) is 24.0 Å². The Balaban J connectivity index is 1.63. The zero-order valence-electron chi connectivity index (χ0n) is 17.2.